The van der Waals surface area contributed by atoms with Crippen LogP contribution in [0.4, 0.5) is 4.79 Å². The van der Waals surface area contributed by atoms with Gasteiger partial charge in [0.05, 0.1) is 19.6 Å². The Morgan fingerprint density at radius 1 is 1.40 bits per heavy atom. The van der Waals surface area contributed by atoms with Gasteiger partial charge in [-0.3, -0.25) is 4.79 Å². The van der Waals surface area contributed by atoms with Gasteiger partial charge >= 0.3 is 12.1 Å². The van der Waals surface area contributed by atoms with E-state index in [9.17, 15) is 14.7 Å². The second-order valence-electron chi connectivity index (χ2n) is 6.62. The summed E-state index contributed by atoms with van der Waals surface area (Å²) >= 11 is 0. The number of hydrogen-bond acceptors (Lipinski definition) is 5. The highest BCUT2D eigenvalue weighted by Gasteiger charge is 2.57. The molecule has 4 atom stereocenters. The number of carbonyl (C=O) groups is 2. The minimum absolute atomic E-state index is 0.0175. The van der Waals surface area contributed by atoms with E-state index in [0.29, 0.717) is 6.54 Å². The summed E-state index contributed by atoms with van der Waals surface area (Å²) in [5.74, 6) is -0.207. The molecule has 2 aliphatic heterocycles. The molecular weight excluding hydrogens is 262 g/mol. The number of methoxy groups -OCH3 is 1. The predicted octanol–water partition coefficient (Wildman–Crippen LogP) is 1.17. The highest BCUT2D eigenvalue weighted by molar-refractivity contribution is 5.71. The Labute approximate surface area is 119 Å². The van der Waals surface area contributed by atoms with Gasteiger partial charge in [-0.15, -0.1) is 0 Å². The average Bonchev–Trinajstić information content (AvgIpc) is 2.84. The van der Waals surface area contributed by atoms with Gasteiger partial charge in [0.25, 0.3) is 0 Å². The molecule has 6 heteroatoms. The molecule has 2 saturated heterocycles. The summed E-state index contributed by atoms with van der Waals surface area (Å²) in [6.45, 7) is 6.08. The molecule has 1 N–H and O–H groups in total. The van der Waals surface area contributed by atoms with Crippen molar-refractivity contribution in [2.45, 2.75) is 51.4 Å². The number of carbonyl (C=O) groups excluding carboxylic acids is 2. The molecule has 0 aromatic carbocycles. The summed E-state index contributed by atoms with van der Waals surface area (Å²) in [5.41, 5.74) is -0.524. The Morgan fingerprint density at radius 3 is 2.60 bits per heavy atom. The molecule has 0 radical (unpaired) electrons. The van der Waals surface area contributed by atoms with Crippen LogP contribution >= 0.6 is 0 Å². The maximum absolute atomic E-state index is 12.1. The monoisotopic (exact) mass is 285 g/mol. The van der Waals surface area contributed by atoms with Gasteiger partial charge in [0.1, 0.15) is 5.60 Å². The predicted molar refractivity (Wildman–Crippen MR) is 71.0 cm³/mol. The molecule has 6 nitrogen and oxygen atoms in total. The molecule has 1 unspecified atom stereocenters. The molecule has 2 heterocycles. The zero-order valence-corrected chi connectivity index (χ0v) is 12.5. The van der Waals surface area contributed by atoms with Crippen LogP contribution in [-0.4, -0.2) is 53.5 Å². The molecule has 2 bridgehead atoms. The number of nitrogens with zero attached hydrogens (tertiary/aromatic N) is 1. The third kappa shape index (κ3) is 2.90. The van der Waals surface area contributed by atoms with E-state index >= 15 is 0 Å². The fraction of sp³-hybridized carbons (Fsp3) is 0.857. The lowest BCUT2D eigenvalue weighted by Gasteiger charge is -2.39. The maximum Gasteiger partial charge on any atom is 0.410 e. The van der Waals surface area contributed by atoms with Crippen molar-refractivity contribution < 1.29 is 24.2 Å². The Hall–Kier alpha value is -1.30. The van der Waals surface area contributed by atoms with Crippen LogP contribution in [0.1, 0.15) is 33.6 Å². The standard InChI is InChI=1S/C14H23NO5/c1-14(2,3)20-13(18)15-7-8-5-9(15)12(8)10(16)6-11(17)19-4/h8-10,12,16H,5-7H2,1-4H3/t8-,9-,10+,12?/m0/s1. The molecule has 3 rings (SSSR count). The van der Waals surface area contributed by atoms with Crippen LogP contribution in [0.25, 0.3) is 0 Å². The largest absolute Gasteiger partial charge is 0.469 e. The lowest BCUT2D eigenvalue weighted by Crippen LogP contribution is -2.48. The van der Waals surface area contributed by atoms with Crippen LogP contribution in [0.5, 0.6) is 0 Å². The van der Waals surface area contributed by atoms with Gasteiger partial charge in [0.2, 0.25) is 0 Å². The van der Waals surface area contributed by atoms with Crippen molar-refractivity contribution in [2.24, 2.45) is 11.8 Å². The first-order valence-corrected chi connectivity index (χ1v) is 6.97. The second-order valence-corrected chi connectivity index (χ2v) is 6.62. The molecule has 1 amide bonds. The second kappa shape index (κ2) is 5.24. The Morgan fingerprint density at radius 2 is 2.05 bits per heavy atom. The molecule has 3 fully saturated rings. The van der Waals surface area contributed by atoms with Gasteiger partial charge in [0, 0.05) is 18.5 Å². The highest BCUT2D eigenvalue weighted by atomic mass is 16.6. The van der Waals surface area contributed by atoms with Gasteiger partial charge < -0.3 is 19.5 Å². The normalized spacial score (nSPS) is 29.6. The number of ether oxygens (including phenoxy) is 2. The molecule has 114 valence electrons. The number of fused-ring (bicyclic) bond motifs is 1. The van der Waals surface area contributed by atoms with Crippen molar-refractivity contribution in [3.8, 4) is 0 Å². The van der Waals surface area contributed by atoms with Crippen LogP contribution in [0.15, 0.2) is 0 Å². The van der Waals surface area contributed by atoms with Crippen molar-refractivity contribution in [2.75, 3.05) is 13.7 Å². The SMILES string of the molecule is COC(=O)C[C@@H](O)C1[C@H]2C[C@@H]1N(C(=O)OC(C)(C)C)C2. The quantitative estimate of drug-likeness (QED) is 0.788. The van der Waals surface area contributed by atoms with Crippen molar-refractivity contribution >= 4 is 12.1 Å². The number of rotatable bonds is 3. The third-order valence-electron chi connectivity index (χ3n) is 4.04. The molecule has 0 aromatic rings. The first-order valence-electron chi connectivity index (χ1n) is 6.97. The minimum Gasteiger partial charge on any atom is -0.469 e. The number of amides is 1. The summed E-state index contributed by atoms with van der Waals surface area (Å²) in [6, 6.07) is -0.0190. The van der Waals surface area contributed by atoms with Crippen LogP contribution in [-0.2, 0) is 14.3 Å². The van der Waals surface area contributed by atoms with E-state index in [-0.39, 0.29) is 30.4 Å². The van der Waals surface area contributed by atoms with Gasteiger partial charge in [-0.25, -0.2) is 4.79 Å². The van der Waals surface area contributed by atoms with Crippen LogP contribution < -0.4 is 0 Å². The van der Waals surface area contributed by atoms with Crippen molar-refractivity contribution in [3.05, 3.63) is 0 Å². The van der Waals surface area contributed by atoms with Crippen LogP contribution in [0.2, 0.25) is 0 Å². The molecular formula is C14H23NO5. The molecule has 3 aliphatic rings. The third-order valence-corrected chi connectivity index (χ3v) is 4.04. The van der Waals surface area contributed by atoms with Gasteiger partial charge in [-0.2, -0.15) is 0 Å². The molecule has 1 saturated carbocycles. The first kappa shape index (κ1) is 15.1. The Bertz CT molecular complexity index is 403. The number of aliphatic hydroxyl groups is 1. The number of esters is 1. The van der Waals surface area contributed by atoms with E-state index in [1.165, 1.54) is 7.11 Å². The minimum atomic E-state index is -0.751. The lowest BCUT2D eigenvalue weighted by molar-refractivity contribution is -0.144. The first-order chi connectivity index (χ1) is 9.23. The van der Waals surface area contributed by atoms with Crippen molar-refractivity contribution in [1.29, 1.82) is 0 Å². The Kier molecular flexibility index (Phi) is 3.95. The zero-order chi connectivity index (χ0) is 15.1. The highest BCUT2D eigenvalue weighted by Crippen LogP contribution is 2.49. The summed E-state index contributed by atoms with van der Waals surface area (Å²) in [4.78, 5) is 25.0. The van der Waals surface area contributed by atoms with E-state index in [2.05, 4.69) is 4.74 Å². The van der Waals surface area contributed by atoms with Crippen molar-refractivity contribution in [1.82, 2.24) is 4.90 Å². The zero-order valence-electron chi connectivity index (χ0n) is 12.5. The van der Waals surface area contributed by atoms with E-state index in [0.717, 1.165) is 6.42 Å². The fourth-order valence-corrected chi connectivity index (χ4v) is 3.15. The number of aliphatic hydroxyl groups excluding tert-OH is 1. The van der Waals surface area contributed by atoms with Crippen molar-refractivity contribution in [3.63, 3.8) is 0 Å². The summed E-state index contributed by atoms with van der Waals surface area (Å²) in [6.07, 6.45) is -0.227. The van der Waals surface area contributed by atoms with Crippen LogP contribution in [0, 0.1) is 11.8 Å². The topological polar surface area (TPSA) is 76.1 Å². The van der Waals surface area contributed by atoms with E-state index in [1.807, 2.05) is 20.8 Å². The van der Waals surface area contributed by atoms with E-state index < -0.39 is 17.7 Å². The van der Waals surface area contributed by atoms with E-state index in [1.54, 1.807) is 4.90 Å². The van der Waals surface area contributed by atoms with Gasteiger partial charge in [0.15, 0.2) is 0 Å². The summed E-state index contributed by atoms with van der Waals surface area (Å²) in [7, 11) is 1.30. The Balaban J connectivity index is 1.93. The number of hydrogen-bond donors (Lipinski definition) is 1. The van der Waals surface area contributed by atoms with E-state index in [4.69, 9.17) is 4.74 Å². The summed E-state index contributed by atoms with van der Waals surface area (Å²) in [5, 5.41) is 10.1. The molecule has 0 spiro atoms. The maximum atomic E-state index is 12.1. The molecule has 0 aromatic heterocycles. The average molecular weight is 285 g/mol. The lowest BCUT2D eigenvalue weighted by atomic mass is 9.70. The van der Waals surface area contributed by atoms with Gasteiger partial charge in [-0.05, 0) is 33.1 Å². The van der Waals surface area contributed by atoms with Gasteiger partial charge in [-0.1, -0.05) is 0 Å². The smallest absolute Gasteiger partial charge is 0.410 e. The van der Waals surface area contributed by atoms with Crippen LogP contribution in [0.3, 0.4) is 0 Å². The fourth-order valence-electron chi connectivity index (χ4n) is 3.15. The molecule has 1 aliphatic carbocycles. The summed E-state index contributed by atoms with van der Waals surface area (Å²) < 4.78 is 9.93. The molecule has 20 heavy (non-hydrogen) atoms.